The second-order valence-corrected chi connectivity index (χ2v) is 9.16. The predicted octanol–water partition coefficient (Wildman–Crippen LogP) is 5.59. The Morgan fingerprint density at radius 1 is 1.06 bits per heavy atom. The van der Waals surface area contributed by atoms with Crippen LogP contribution in [0.1, 0.15) is 28.9 Å². The lowest BCUT2D eigenvalue weighted by atomic mass is 10.1. The summed E-state index contributed by atoms with van der Waals surface area (Å²) >= 11 is 3.50. The molecule has 6 heteroatoms. The maximum absolute atomic E-state index is 12.2. The highest BCUT2D eigenvalue weighted by atomic mass is 79.9. The van der Waals surface area contributed by atoms with E-state index in [9.17, 15) is 4.79 Å². The zero-order valence-electron chi connectivity index (χ0n) is 19.0. The van der Waals surface area contributed by atoms with E-state index < -0.39 is 0 Å². The van der Waals surface area contributed by atoms with Crippen molar-refractivity contribution in [3.8, 4) is 5.75 Å². The van der Waals surface area contributed by atoms with Crippen molar-refractivity contribution < 1.29 is 9.53 Å². The first-order valence-electron chi connectivity index (χ1n) is 11.1. The third kappa shape index (κ3) is 6.02. The Morgan fingerprint density at radius 2 is 1.85 bits per heavy atom. The molecule has 0 saturated heterocycles. The van der Waals surface area contributed by atoms with Gasteiger partial charge in [-0.3, -0.25) is 4.79 Å². The summed E-state index contributed by atoms with van der Waals surface area (Å²) in [4.78, 5) is 17.1. The molecule has 0 aliphatic carbocycles. The second kappa shape index (κ2) is 10.7. The van der Waals surface area contributed by atoms with Crippen LogP contribution in [0.4, 0.5) is 0 Å². The molecule has 1 amide bonds. The maximum atomic E-state index is 12.2. The summed E-state index contributed by atoms with van der Waals surface area (Å²) in [6.45, 7) is 5.35. The van der Waals surface area contributed by atoms with Gasteiger partial charge < -0.3 is 14.6 Å². The average Bonchev–Trinajstić information content (AvgIpc) is 3.16. The third-order valence-electron chi connectivity index (χ3n) is 5.59. The molecule has 0 fully saturated rings. The molecule has 1 N–H and O–H groups in total. The van der Waals surface area contributed by atoms with E-state index in [-0.39, 0.29) is 12.5 Å². The van der Waals surface area contributed by atoms with Crippen molar-refractivity contribution in [2.75, 3.05) is 13.2 Å². The number of fused-ring (bicyclic) bond motifs is 1. The molecule has 4 aromatic rings. The quantitative estimate of drug-likeness (QED) is 0.301. The highest BCUT2D eigenvalue weighted by Gasteiger charge is 2.11. The molecule has 1 aromatic heterocycles. The normalized spacial score (nSPS) is 11.0. The molecule has 1 heterocycles. The molecule has 0 radical (unpaired) electrons. The van der Waals surface area contributed by atoms with Crippen LogP contribution in [0.25, 0.3) is 11.0 Å². The fourth-order valence-electron chi connectivity index (χ4n) is 3.80. The second-order valence-electron chi connectivity index (χ2n) is 8.24. The van der Waals surface area contributed by atoms with Crippen molar-refractivity contribution in [3.05, 3.63) is 93.7 Å². The number of hydrogen-bond donors (Lipinski definition) is 1. The number of benzene rings is 3. The standard InChI is InChI=1S/C27H28BrN3O2/c1-19-9-10-20(2)25(16-19)33-18-27(32)29-15-5-8-26-30-23-6-3-4-7-24(23)31(26)17-21-11-13-22(28)14-12-21/h3-4,6-7,9-14,16H,5,8,15,17-18H2,1-2H3,(H,29,32). The Morgan fingerprint density at radius 3 is 2.67 bits per heavy atom. The third-order valence-corrected chi connectivity index (χ3v) is 6.12. The zero-order valence-corrected chi connectivity index (χ0v) is 20.6. The number of nitrogens with zero attached hydrogens (tertiary/aromatic N) is 2. The van der Waals surface area contributed by atoms with Crippen LogP contribution in [0.5, 0.6) is 5.75 Å². The summed E-state index contributed by atoms with van der Waals surface area (Å²) in [5.74, 6) is 1.67. The minimum absolute atomic E-state index is 0.0202. The molecule has 33 heavy (non-hydrogen) atoms. The van der Waals surface area contributed by atoms with Crippen LogP contribution in [-0.4, -0.2) is 28.6 Å². The summed E-state index contributed by atoms with van der Waals surface area (Å²) in [7, 11) is 0. The number of hydrogen-bond acceptors (Lipinski definition) is 3. The molecule has 170 valence electrons. The van der Waals surface area contributed by atoms with Crippen molar-refractivity contribution in [1.82, 2.24) is 14.9 Å². The van der Waals surface area contributed by atoms with E-state index in [1.165, 1.54) is 5.56 Å². The van der Waals surface area contributed by atoms with Crippen LogP contribution in [0.3, 0.4) is 0 Å². The Labute approximate surface area is 202 Å². The lowest BCUT2D eigenvalue weighted by Crippen LogP contribution is -2.30. The minimum atomic E-state index is -0.112. The molecule has 3 aromatic carbocycles. The molecule has 0 aliphatic heterocycles. The Kier molecular flexibility index (Phi) is 7.45. The van der Waals surface area contributed by atoms with E-state index >= 15 is 0 Å². The van der Waals surface area contributed by atoms with Crippen LogP contribution >= 0.6 is 15.9 Å². The number of para-hydroxylation sites is 2. The SMILES string of the molecule is Cc1ccc(C)c(OCC(=O)NCCCc2nc3ccccc3n2Cc2ccc(Br)cc2)c1. The molecule has 5 nitrogen and oxygen atoms in total. The number of aryl methyl sites for hydroxylation is 3. The Bertz CT molecular complexity index is 1250. The van der Waals surface area contributed by atoms with Crippen LogP contribution in [0.2, 0.25) is 0 Å². The molecule has 0 bridgehead atoms. The number of carbonyl (C=O) groups is 1. The van der Waals surface area contributed by atoms with E-state index in [0.717, 1.165) is 57.6 Å². The van der Waals surface area contributed by atoms with Gasteiger partial charge in [-0.1, -0.05) is 52.3 Å². The number of imidazole rings is 1. The molecule has 0 aliphatic rings. The first-order chi connectivity index (χ1) is 16.0. The number of amides is 1. The molecule has 0 saturated carbocycles. The fraction of sp³-hybridized carbons (Fsp3) is 0.259. The van der Waals surface area contributed by atoms with Gasteiger partial charge in [0.2, 0.25) is 0 Å². The number of halogens is 1. The predicted molar refractivity (Wildman–Crippen MR) is 136 cm³/mol. The van der Waals surface area contributed by atoms with Crippen molar-refractivity contribution in [1.29, 1.82) is 0 Å². The first-order valence-corrected chi connectivity index (χ1v) is 11.9. The lowest BCUT2D eigenvalue weighted by molar-refractivity contribution is -0.123. The minimum Gasteiger partial charge on any atom is -0.483 e. The van der Waals surface area contributed by atoms with E-state index in [2.05, 4.69) is 56.1 Å². The van der Waals surface area contributed by atoms with Crippen LogP contribution in [0, 0.1) is 13.8 Å². The monoisotopic (exact) mass is 505 g/mol. The van der Waals surface area contributed by atoms with E-state index in [1.807, 2.05) is 50.2 Å². The smallest absolute Gasteiger partial charge is 0.257 e. The lowest BCUT2D eigenvalue weighted by Gasteiger charge is -2.11. The van der Waals surface area contributed by atoms with Crippen molar-refractivity contribution in [2.24, 2.45) is 0 Å². The van der Waals surface area contributed by atoms with Gasteiger partial charge in [-0.25, -0.2) is 4.98 Å². The van der Waals surface area contributed by atoms with Gasteiger partial charge in [0.05, 0.1) is 11.0 Å². The van der Waals surface area contributed by atoms with Gasteiger partial charge in [-0.15, -0.1) is 0 Å². The molecule has 4 rings (SSSR count). The number of ether oxygens (including phenoxy) is 1. The van der Waals surface area contributed by atoms with Gasteiger partial charge in [0.1, 0.15) is 11.6 Å². The summed E-state index contributed by atoms with van der Waals surface area (Å²) in [5.41, 5.74) is 5.48. The highest BCUT2D eigenvalue weighted by molar-refractivity contribution is 9.10. The maximum Gasteiger partial charge on any atom is 0.257 e. The van der Waals surface area contributed by atoms with Gasteiger partial charge >= 0.3 is 0 Å². The summed E-state index contributed by atoms with van der Waals surface area (Å²) in [6, 6.07) is 22.6. The van der Waals surface area contributed by atoms with Crippen molar-refractivity contribution in [2.45, 2.75) is 33.2 Å². The number of aromatic nitrogens is 2. The van der Waals surface area contributed by atoms with Crippen LogP contribution < -0.4 is 10.1 Å². The Hall–Kier alpha value is -3.12. The zero-order chi connectivity index (χ0) is 23.2. The van der Waals surface area contributed by atoms with E-state index in [0.29, 0.717) is 6.54 Å². The van der Waals surface area contributed by atoms with Gasteiger partial charge in [0.15, 0.2) is 6.61 Å². The van der Waals surface area contributed by atoms with E-state index in [4.69, 9.17) is 9.72 Å². The molecule has 0 spiro atoms. The highest BCUT2D eigenvalue weighted by Crippen LogP contribution is 2.21. The summed E-state index contributed by atoms with van der Waals surface area (Å²) in [5, 5.41) is 2.96. The first kappa shape index (κ1) is 23.1. The van der Waals surface area contributed by atoms with Crippen LogP contribution in [-0.2, 0) is 17.8 Å². The number of nitrogens with one attached hydrogen (secondary N) is 1. The van der Waals surface area contributed by atoms with Gasteiger partial charge in [-0.05, 0) is 67.3 Å². The Balaban J connectivity index is 1.34. The largest absolute Gasteiger partial charge is 0.483 e. The number of rotatable bonds is 9. The van der Waals surface area contributed by atoms with Crippen molar-refractivity contribution >= 4 is 32.9 Å². The van der Waals surface area contributed by atoms with Crippen LogP contribution in [0.15, 0.2) is 71.2 Å². The summed E-state index contributed by atoms with van der Waals surface area (Å²) < 4.78 is 9.03. The molecule has 0 unspecified atom stereocenters. The molecular formula is C27H28BrN3O2. The van der Waals surface area contributed by atoms with Gasteiger partial charge in [0, 0.05) is 24.0 Å². The molecule has 0 atom stereocenters. The van der Waals surface area contributed by atoms with E-state index in [1.54, 1.807) is 0 Å². The average molecular weight is 506 g/mol. The molecular weight excluding hydrogens is 478 g/mol. The van der Waals surface area contributed by atoms with Gasteiger partial charge in [0.25, 0.3) is 5.91 Å². The summed E-state index contributed by atoms with van der Waals surface area (Å²) in [6.07, 6.45) is 1.59. The van der Waals surface area contributed by atoms with Crippen molar-refractivity contribution in [3.63, 3.8) is 0 Å². The fourth-order valence-corrected chi connectivity index (χ4v) is 4.06. The number of carbonyl (C=O) groups excluding carboxylic acids is 1. The van der Waals surface area contributed by atoms with Gasteiger partial charge in [-0.2, -0.15) is 0 Å². The topological polar surface area (TPSA) is 56.1 Å².